The second-order valence-electron chi connectivity index (χ2n) is 4.13. The summed E-state index contributed by atoms with van der Waals surface area (Å²) in [6, 6.07) is 2.41. The van der Waals surface area contributed by atoms with E-state index in [2.05, 4.69) is 44.7 Å². The van der Waals surface area contributed by atoms with Gasteiger partial charge < -0.3 is 5.73 Å². The van der Waals surface area contributed by atoms with Crippen LogP contribution in [0.3, 0.4) is 0 Å². The molecule has 2 N–H and O–H groups in total. The molecule has 2 aromatic rings. The van der Waals surface area contributed by atoms with Crippen LogP contribution < -0.4 is 5.73 Å². The van der Waals surface area contributed by atoms with Gasteiger partial charge in [0.25, 0.3) is 0 Å². The summed E-state index contributed by atoms with van der Waals surface area (Å²) in [6.07, 6.45) is 3.23. The number of nitrogens with two attached hydrogens (primary N) is 1. The Hall–Kier alpha value is -0.230. The van der Waals surface area contributed by atoms with Crippen molar-refractivity contribution in [2.24, 2.45) is 5.73 Å². The largest absolute Gasteiger partial charge is 0.328 e. The Bertz CT molecular complexity index is 476. The molecule has 1 unspecified atom stereocenters. The van der Waals surface area contributed by atoms with Gasteiger partial charge in [-0.15, -0.1) is 22.7 Å². The van der Waals surface area contributed by atoms with Gasteiger partial charge in [-0.1, -0.05) is 0 Å². The lowest BCUT2D eigenvalue weighted by molar-refractivity contribution is 0.623. The molecule has 0 aromatic carbocycles. The normalized spacial score (nSPS) is 12.9. The van der Waals surface area contributed by atoms with Crippen molar-refractivity contribution in [1.82, 2.24) is 4.98 Å². The standard InChI is InChI=1S/C12H15BrN2S2/c1-8(14)3-2-4-12-15-10(7-17-12)11-5-9(13)6-16-11/h5-8H,2-4,14H2,1H3. The summed E-state index contributed by atoms with van der Waals surface area (Å²) in [6.45, 7) is 2.05. The van der Waals surface area contributed by atoms with Gasteiger partial charge in [-0.25, -0.2) is 4.98 Å². The quantitative estimate of drug-likeness (QED) is 0.887. The molecule has 0 saturated carbocycles. The number of hydrogen-bond donors (Lipinski definition) is 1. The molecule has 0 saturated heterocycles. The number of aromatic nitrogens is 1. The van der Waals surface area contributed by atoms with Gasteiger partial charge >= 0.3 is 0 Å². The van der Waals surface area contributed by atoms with Crippen molar-refractivity contribution in [3.63, 3.8) is 0 Å². The lowest BCUT2D eigenvalue weighted by Gasteiger charge is -2.01. The molecule has 0 radical (unpaired) electrons. The average molecular weight is 331 g/mol. The molecule has 0 spiro atoms. The van der Waals surface area contributed by atoms with Crippen LogP contribution in [0.4, 0.5) is 0 Å². The number of thiazole rings is 1. The molecule has 2 rings (SSSR count). The molecule has 2 heterocycles. The zero-order chi connectivity index (χ0) is 12.3. The van der Waals surface area contributed by atoms with E-state index in [1.807, 2.05) is 0 Å². The highest BCUT2D eigenvalue weighted by Crippen LogP contribution is 2.30. The average Bonchev–Trinajstić information content (AvgIpc) is 2.86. The van der Waals surface area contributed by atoms with Gasteiger partial charge in [0.05, 0.1) is 15.6 Å². The smallest absolute Gasteiger partial charge is 0.0932 e. The maximum atomic E-state index is 5.74. The highest BCUT2D eigenvalue weighted by molar-refractivity contribution is 9.10. The maximum Gasteiger partial charge on any atom is 0.0932 e. The summed E-state index contributed by atoms with van der Waals surface area (Å²) in [4.78, 5) is 5.89. The Morgan fingerprint density at radius 2 is 2.24 bits per heavy atom. The Morgan fingerprint density at radius 1 is 1.41 bits per heavy atom. The van der Waals surface area contributed by atoms with Gasteiger partial charge in [0.2, 0.25) is 0 Å². The first-order valence-electron chi connectivity index (χ1n) is 5.59. The van der Waals surface area contributed by atoms with Crippen molar-refractivity contribution in [2.45, 2.75) is 32.2 Å². The van der Waals surface area contributed by atoms with E-state index >= 15 is 0 Å². The van der Waals surface area contributed by atoms with E-state index in [1.54, 1.807) is 22.7 Å². The van der Waals surface area contributed by atoms with Crippen LogP contribution in [0.2, 0.25) is 0 Å². The van der Waals surface area contributed by atoms with E-state index in [0.29, 0.717) is 6.04 Å². The fraction of sp³-hybridized carbons (Fsp3) is 0.417. The zero-order valence-electron chi connectivity index (χ0n) is 9.65. The van der Waals surface area contributed by atoms with Gasteiger partial charge in [-0.05, 0) is 48.2 Å². The van der Waals surface area contributed by atoms with E-state index in [1.165, 1.54) is 9.88 Å². The van der Waals surface area contributed by atoms with Crippen LogP contribution >= 0.6 is 38.6 Å². The molecule has 2 aromatic heterocycles. The van der Waals surface area contributed by atoms with Gasteiger partial charge in [-0.3, -0.25) is 0 Å². The number of thiophene rings is 1. The first-order valence-corrected chi connectivity index (χ1v) is 8.15. The Balaban J connectivity index is 1.96. The van der Waals surface area contributed by atoms with Crippen LogP contribution in [0.25, 0.3) is 10.6 Å². The van der Waals surface area contributed by atoms with Crippen LogP contribution in [0.1, 0.15) is 24.8 Å². The summed E-state index contributed by atoms with van der Waals surface area (Å²) >= 11 is 6.93. The molecule has 0 aliphatic rings. The van der Waals surface area contributed by atoms with E-state index in [-0.39, 0.29) is 0 Å². The van der Waals surface area contributed by atoms with Crippen LogP contribution in [0.15, 0.2) is 21.3 Å². The minimum atomic E-state index is 0.294. The monoisotopic (exact) mass is 330 g/mol. The Kier molecular flexibility index (Phi) is 4.73. The summed E-state index contributed by atoms with van der Waals surface area (Å²) in [5, 5.41) is 5.44. The molecule has 5 heteroatoms. The predicted molar refractivity (Wildman–Crippen MR) is 79.7 cm³/mol. The fourth-order valence-electron chi connectivity index (χ4n) is 1.56. The molecular weight excluding hydrogens is 316 g/mol. The first-order chi connectivity index (χ1) is 8.15. The minimum Gasteiger partial charge on any atom is -0.328 e. The minimum absolute atomic E-state index is 0.294. The number of halogens is 1. The zero-order valence-corrected chi connectivity index (χ0v) is 12.9. The van der Waals surface area contributed by atoms with Crippen LogP contribution in [-0.4, -0.2) is 11.0 Å². The lowest BCUT2D eigenvalue weighted by Crippen LogP contribution is -2.14. The fourth-order valence-corrected chi connectivity index (χ4v) is 3.87. The third-order valence-corrected chi connectivity index (χ3v) is 5.04. The Labute approximate surface area is 118 Å². The van der Waals surface area contributed by atoms with Gasteiger partial charge in [0, 0.05) is 21.3 Å². The van der Waals surface area contributed by atoms with Crippen LogP contribution in [-0.2, 0) is 6.42 Å². The molecule has 1 atom stereocenters. The number of rotatable bonds is 5. The number of aryl methyl sites for hydroxylation is 1. The van der Waals surface area contributed by atoms with E-state index in [4.69, 9.17) is 5.73 Å². The highest BCUT2D eigenvalue weighted by atomic mass is 79.9. The van der Waals surface area contributed by atoms with E-state index in [0.717, 1.165) is 29.4 Å². The lowest BCUT2D eigenvalue weighted by atomic mass is 10.1. The maximum absolute atomic E-state index is 5.74. The third-order valence-electron chi connectivity index (χ3n) is 2.42. The van der Waals surface area contributed by atoms with Crippen molar-refractivity contribution in [2.75, 3.05) is 0 Å². The summed E-state index contributed by atoms with van der Waals surface area (Å²) in [5.74, 6) is 0. The molecule has 2 nitrogen and oxygen atoms in total. The summed E-state index contributed by atoms with van der Waals surface area (Å²) in [7, 11) is 0. The van der Waals surface area contributed by atoms with Crippen LogP contribution in [0.5, 0.6) is 0 Å². The molecule has 17 heavy (non-hydrogen) atoms. The topological polar surface area (TPSA) is 38.9 Å². The van der Waals surface area contributed by atoms with Gasteiger partial charge in [-0.2, -0.15) is 0 Å². The number of nitrogens with zero attached hydrogens (tertiary/aromatic N) is 1. The number of hydrogen-bond acceptors (Lipinski definition) is 4. The van der Waals surface area contributed by atoms with Gasteiger partial charge in [0.1, 0.15) is 0 Å². The Morgan fingerprint density at radius 3 is 2.88 bits per heavy atom. The van der Waals surface area contributed by atoms with Crippen molar-refractivity contribution >= 4 is 38.6 Å². The highest BCUT2D eigenvalue weighted by Gasteiger charge is 2.07. The summed E-state index contributed by atoms with van der Waals surface area (Å²) < 4.78 is 1.13. The molecule has 0 amide bonds. The molecule has 0 aliphatic carbocycles. The molecule has 0 fully saturated rings. The summed E-state index contributed by atoms with van der Waals surface area (Å²) in [5.41, 5.74) is 6.83. The third kappa shape index (κ3) is 3.88. The second-order valence-corrected chi connectivity index (χ2v) is 6.89. The van der Waals surface area contributed by atoms with Crippen molar-refractivity contribution in [1.29, 1.82) is 0 Å². The van der Waals surface area contributed by atoms with E-state index < -0.39 is 0 Å². The first kappa shape index (κ1) is 13.2. The SMILES string of the molecule is CC(N)CCCc1nc(-c2cc(Br)cs2)cs1. The van der Waals surface area contributed by atoms with Crippen molar-refractivity contribution < 1.29 is 0 Å². The van der Waals surface area contributed by atoms with Crippen LogP contribution in [0, 0.1) is 0 Å². The second kappa shape index (κ2) is 6.09. The molecule has 0 bridgehead atoms. The van der Waals surface area contributed by atoms with Crippen molar-refractivity contribution in [3.05, 3.63) is 26.3 Å². The van der Waals surface area contributed by atoms with Crippen molar-refractivity contribution in [3.8, 4) is 10.6 Å². The predicted octanol–water partition coefficient (Wildman–Crippen LogP) is 4.30. The molecule has 0 aliphatic heterocycles. The van der Waals surface area contributed by atoms with Gasteiger partial charge in [0.15, 0.2) is 0 Å². The molecular formula is C12H15BrN2S2. The van der Waals surface area contributed by atoms with E-state index in [9.17, 15) is 0 Å². The molecule has 92 valence electrons.